The van der Waals surface area contributed by atoms with Crippen LogP contribution in [0.5, 0.6) is 0 Å². The lowest BCUT2D eigenvalue weighted by Gasteiger charge is -2.17. The number of guanidine groups is 1. The van der Waals surface area contributed by atoms with Gasteiger partial charge in [-0.3, -0.25) is 4.99 Å². The van der Waals surface area contributed by atoms with E-state index >= 15 is 0 Å². The predicted octanol–water partition coefficient (Wildman–Crippen LogP) is 2.25. The minimum Gasteiger partial charge on any atom is -0.357 e. The summed E-state index contributed by atoms with van der Waals surface area (Å²) in [4.78, 5) is 7.02. The topological polar surface area (TPSA) is 39.7 Å². The zero-order chi connectivity index (χ0) is 13.6. The zero-order valence-corrected chi connectivity index (χ0v) is 16.0. The lowest BCUT2D eigenvalue weighted by atomic mass is 10.4. The summed E-state index contributed by atoms with van der Waals surface area (Å²) in [7, 11) is 0. The van der Waals surface area contributed by atoms with Gasteiger partial charge in [-0.1, -0.05) is 13.8 Å². The van der Waals surface area contributed by atoms with Crippen LogP contribution in [-0.4, -0.2) is 62.1 Å². The Morgan fingerprint density at radius 2 is 1.84 bits per heavy atom. The minimum atomic E-state index is 0. The summed E-state index contributed by atoms with van der Waals surface area (Å²) in [6.45, 7) is 12.7. The Labute approximate surface area is 140 Å². The monoisotopic (exact) mass is 402 g/mol. The first-order valence-corrected chi connectivity index (χ1v) is 8.41. The molecule has 0 saturated carbocycles. The molecule has 0 saturated heterocycles. The van der Waals surface area contributed by atoms with Gasteiger partial charge in [0, 0.05) is 25.4 Å². The highest BCUT2D eigenvalue weighted by Gasteiger charge is 1.99. The van der Waals surface area contributed by atoms with E-state index in [4.69, 9.17) is 0 Å². The molecule has 19 heavy (non-hydrogen) atoms. The fourth-order valence-corrected chi connectivity index (χ4v) is 1.94. The second-order valence-corrected chi connectivity index (χ2v) is 5.05. The van der Waals surface area contributed by atoms with Crippen molar-refractivity contribution < 1.29 is 0 Å². The summed E-state index contributed by atoms with van der Waals surface area (Å²) in [5, 5.41) is 6.62. The average Bonchev–Trinajstić information content (AvgIpc) is 2.39. The molecule has 0 atom stereocenters. The van der Waals surface area contributed by atoms with Crippen molar-refractivity contribution in [2.45, 2.75) is 27.2 Å². The molecule has 0 amide bonds. The Balaban J connectivity index is 0. The third kappa shape index (κ3) is 13.1. The second-order valence-electron chi connectivity index (χ2n) is 4.06. The van der Waals surface area contributed by atoms with E-state index in [1.165, 1.54) is 0 Å². The number of hydrogen-bond acceptors (Lipinski definition) is 3. The summed E-state index contributed by atoms with van der Waals surface area (Å²) in [5.74, 6) is 2.07. The molecule has 2 N–H and O–H groups in total. The van der Waals surface area contributed by atoms with Gasteiger partial charge in [-0.15, -0.1) is 24.0 Å². The number of rotatable bonds is 10. The van der Waals surface area contributed by atoms with Crippen LogP contribution in [0.4, 0.5) is 0 Å². The molecule has 0 heterocycles. The van der Waals surface area contributed by atoms with Crippen molar-refractivity contribution in [3.05, 3.63) is 0 Å². The van der Waals surface area contributed by atoms with Crippen LogP contribution in [0.2, 0.25) is 0 Å². The number of nitrogens with zero attached hydrogens (tertiary/aromatic N) is 2. The van der Waals surface area contributed by atoms with Gasteiger partial charge in [0.25, 0.3) is 0 Å². The highest BCUT2D eigenvalue weighted by molar-refractivity contribution is 14.0. The smallest absolute Gasteiger partial charge is 0.191 e. The molecule has 0 radical (unpaired) electrons. The molecule has 4 nitrogen and oxygen atoms in total. The van der Waals surface area contributed by atoms with Crippen LogP contribution < -0.4 is 10.6 Å². The molecule has 0 spiro atoms. The van der Waals surface area contributed by atoms with Crippen molar-refractivity contribution in [3.8, 4) is 0 Å². The van der Waals surface area contributed by atoms with Gasteiger partial charge in [0.15, 0.2) is 5.96 Å². The van der Waals surface area contributed by atoms with E-state index in [0.717, 1.165) is 57.4 Å². The fraction of sp³-hybridized carbons (Fsp3) is 0.923. The molecule has 0 rings (SSSR count). The Morgan fingerprint density at radius 3 is 2.37 bits per heavy atom. The van der Waals surface area contributed by atoms with Crippen LogP contribution in [0.25, 0.3) is 0 Å². The average molecular weight is 402 g/mol. The summed E-state index contributed by atoms with van der Waals surface area (Å²) >= 11 is 1.85. The van der Waals surface area contributed by atoms with E-state index in [2.05, 4.69) is 47.6 Å². The van der Waals surface area contributed by atoms with E-state index < -0.39 is 0 Å². The van der Waals surface area contributed by atoms with Gasteiger partial charge in [0.1, 0.15) is 0 Å². The molecule has 116 valence electrons. The Morgan fingerprint density at radius 1 is 1.16 bits per heavy atom. The van der Waals surface area contributed by atoms with Crippen molar-refractivity contribution >= 4 is 41.7 Å². The molecule has 0 aliphatic carbocycles. The van der Waals surface area contributed by atoms with E-state index in [-0.39, 0.29) is 24.0 Å². The van der Waals surface area contributed by atoms with Crippen LogP contribution >= 0.6 is 35.7 Å². The Kier molecular flexibility index (Phi) is 18.6. The highest BCUT2D eigenvalue weighted by atomic mass is 127. The standard InChI is InChI=1S/C13H30N4S.HI/c1-5-14-13(16-10-12-18-4)15-9-8-11-17(6-2)7-3;/h5-12H2,1-4H3,(H2,14,15,16);1H. The van der Waals surface area contributed by atoms with E-state index in [1.54, 1.807) is 0 Å². The van der Waals surface area contributed by atoms with Gasteiger partial charge in [-0.2, -0.15) is 11.8 Å². The molecule has 0 unspecified atom stereocenters. The van der Waals surface area contributed by atoms with Crippen molar-refractivity contribution in [1.29, 1.82) is 0 Å². The molecule has 0 bridgehead atoms. The lowest BCUT2D eigenvalue weighted by molar-refractivity contribution is 0.302. The first-order chi connectivity index (χ1) is 8.78. The fourth-order valence-electron chi connectivity index (χ4n) is 1.64. The van der Waals surface area contributed by atoms with Gasteiger partial charge >= 0.3 is 0 Å². The lowest BCUT2D eigenvalue weighted by Crippen LogP contribution is -2.38. The molecule has 0 aliphatic heterocycles. The molecule has 0 aromatic heterocycles. The Hall–Kier alpha value is 0.310. The molecule has 0 aromatic rings. The van der Waals surface area contributed by atoms with Gasteiger partial charge in [-0.05, 0) is 39.2 Å². The van der Waals surface area contributed by atoms with E-state index in [9.17, 15) is 0 Å². The summed E-state index contributed by atoms with van der Waals surface area (Å²) in [5.41, 5.74) is 0. The molecular formula is C13H31IN4S. The normalized spacial score (nSPS) is 11.3. The first-order valence-electron chi connectivity index (χ1n) is 7.01. The second kappa shape index (κ2) is 16.4. The zero-order valence-electron chi connectivity index (χ0n) is 12.9. The van der Waals surface area contributed by atoms with E-state index in [0.29, 0.717) is 0 Å². The molecular weight excluding hydrogens is 371 g/mol. The van der Waals surface area contributed by atoms with Crippen LogP contribution in [0, 0.1) is 0 Å². The minimum absolute atomic E-state index is 0. The third-order valence-corrected chi connectivity index (χ3v) is 3.35. The number of thioether (sulfide) groups is 1. The highest BCUT2D eigenvalue weighted by Crippen LogP contribution is 1.91. The molecule has 0 fully saturated rings. The van der Waals surface area contributed by atoms with Crippen LogP contribution in [0.1, 0.15) is 27.2 Å². The van der Waals surface area contributed by atoms with Gasteiger partial charge in [0.2, 0.25) is 0 Å². The maximum absolute atomic E-state index is 4.58. The van der Waals surface area contributed by atoms with Crippen LogP contribution in [0.15, 0.2) is 4.99 Å². The summed E-state index contributed by atoms with van der Waals surface area (Å²) in [6.07, 6.45) is 3.25. The predicted molar refractivity (Wildman–Crippen MR) is 100 cm³/mol. The van der Waals surface area contributed by atoms with Gasteiger partial charge < -0.3 is 15.5 Å². The van der Waals surface area contributed by atoms with Crippen LogP contribution in [-0.2, 0) is 0 Å². The number of halogens is 1. The van der Waals surface area contributed by atoms with Crippen LogP contribution in [0.3, 0.4) is 0 Å². The molecule has 0 aromatic carbocycles. The van der Waals surface area contributed by atoms with Crippen molar-refractivity contribution in [2.24, 2.45) is 4.99 Å². The molecule has 0 aliphatic rings. The van der Waals surface area contributed by atoms with Crippen molar-refractivity contribution in [1.82, 2.24) is 15.5 Å². The van der Waals surface area contributed by atoms with Gasteiger partial charge in [-0.25, -0.2) is 0 Å². The quantitative estimate of drug-likeness (QED) is 0.255. The first kappa shape index (κ1) is 21.6. The number of nitrogens with one attached hydrogen (secondary N) is 2. The SMILES string of the molecule is CCNC(=NCCCN(CC)CC)NCCSC.I. The largest absolute Gasteiger partial charge is 0.357 e. The summed E-state index contributed by atoms with van der Waals surface area (Å²) in [6, 6.07) is 0. The summed E-state index contributed by atoms with van der Waals surface area (Å²) < 4.78 is 0. The van der Waals surface area contributed by atoms with Crippen molar-refractivity contribution in [3.63, 3.8) is 0 Å². The number of aliphatic imine (C=N–C) groups is 1. The third-order valence-electron chi connectivity index (χ3n) is 2.74. The molecule has 6 heteroatoms. The maximum Gasteiger partial charge on any atom is 0.191 e. The van der Waals surface area contributed by atoms with Gasteiger partial charge in [0.05, 0.1) is 0 Å². The number of hydrogen-bond donors (Lipinski definition) is 2. The maximum atomic E-state index is 4.58. The van der Waals surface area contributed by atoms with E-state index in [1.807, 2.05) is 11.8 Å². The van der Waals surface area contributed by atoms with Crippen molar-refractivity contribution in [2.75, 3.05) is 51.3 Å². The Bertz CT molecular complexity index is 211.